The Morgan fingerprint density at radius 1 is 1.05 bits per heavy atom. The van der Waals surface area contributed by atoms with Gasteiger partial charge in [0.05, 0.1) is 0 Å². The van der Waals surface area contributed by atoms with E-state index < -0.39 is 0 Å². The molecule has 0 radical (unpaired) electrons. The molecule has 3 rings (SSSR count). The predicted molar refractivity (Wildman–Crippen MR) is 85.3 cm³/mol. The summed E-state index contributed by atoms with van der Waals surface area (Å²) in [6, 6.07) is 7.65. The smallest absolute Gasteiger partial charge is 0.308 e. The molecule has 0 unspecified atom stereocenters. The number of hydrogen-bond acceptors (Lipinski definition) is 4. The first-order valence-electron chi connectivity index (χ1n) is 7.16. The summed E-state index contributed by atoms with van der Waals surface area (Å²) in [6.45, 7) is 7.79. The summed E-state index contributed by atoms with van der Waals surface area (Å²) in [7, 11) is 0. The molecule has 0 aromatic heterocycles. The highest BCUT2D eigenvalue weighted by Gasteiger charge is 2.20. The van der Waals surface area contributed by atoms with Crippen molar-refractivity contribution in [1.82, 2.24) is 0 Å². The minimum absolute atomic E-state index is 0.212. The summed E-state index contributed by atoms with van der Waals surface area (Å²) in [5, 5.41) is 1.95. The van der Waals surface area contributed by atoms with E-state index in [1.165, 1.54) is 12.5 Å². The molecule has 1 aliphatic heterocycles. The Morgan fingerprint density at radius 2 is 1.82 bits per heavy atom. The Kier molecular flexibility index (Phi) is 3.53. The van der Waals surface area contributed by atoms with Crippen molar-refractivity contribution in [3.05, 3.63) is 35.4 Å². The lowest BCUT2D eigenvalue weighted by atomic mass is 9.95. The Morgan fingerprint density at radius 3 is 2.50 bits per heavy atom. The molecule has 4 heteroatoms. The van der Waals surface area contributed by atoms with Gasteiger partial charge in [-0.05, 0) is 61.6 Å². The van der Waals surface area contributed by atoms with Gasteiger partial charge >= 0.3 is 5.97 Å². The second-order valence-corrected chi connectivity index (χ2v) is 5.58. The molecule has 0 saturated carbocycles. The molecule has 0 saturated heterocycles. The van der Waals surface area contributed by atoms with Crippen molar-refractivity contribution in [3.8, 4) is 17.2 Å². The van der Waals surface area contributed by atoms with E-state index in [4.69, 9.17) is 14.2 Å². The number of ether oxygens (including phenoxy) is 3. The second-order valence-electron chi connectivity index (χ2n) is 5.58. The Bertz CT molecular complexity index is 798. The van der Waals surface area contributed by atoms with Gasteiger partial charge in [0.25, 0.3) is 0 Å². The third kappa shape index (κ3) is 2.41. The molecule has 2 aromatic rings. The number of fused-ring (bicyclic) bond motifs is 3. The van der Waals surface area contributed by atoms with E-state index in [1.807, 2.05) is 24.3 Å². The van der Waals surface area contributed by atoms with Crippen LogP contribution >= 0.6 is 0 Å². The van der Waals surface area contributed by atoms with Gasteiger partial charge in [0.15, 0.2) is 11.5 Å². The molecule has 114 valence electrons. The van der Waals surface area contributed by atoms with Crippen LogP contribution in [0.1, 0.15) is 33.3 Å². The fourth-order valence-electron chi connectivity index (χ4n) is 2.58. The minimum Gasteiger partial charge on any atom is -0.454 e. The lowest BCUT2D eigenvalue weighted by Gasteiger charge is -2.13. The van der Waals surface area contributed by atoms with Gasteiger partial charge in [-0.2, -0.15) is 0 Å². The maximum atomic E-state index is 11.3. The van der Waals surface area contributed by atoms with Crippen LogP contribution in [0.25, 0.3) is 16.3 Å². The lowest BCUT2D eigenvalue weighted by Crippen LogP contribution is -2.02. The van der Waals surface area contributed by atoms with Gasteiger partial charge in [-0.25, -0.2) is 0 Å². The highest BCUT2D eigenvalue weighted by molar-refractivity contribution is 6.00. The van der Waals surface area contributed by atoms with Gasteiger partial charge in [-0.1, -0.05) is 5.57 Å². The van der Waals surface area contributed by atoms with Gasteiger partial charge in [0.2, 0.25) is 6.79 Å². The summed E-state index contributed by atoms with van der Waals surface area (Å²) in [5.74, 6) is 1.59. The van der Waals surface area contributed by atoms with E-state index in [9.17, 15) is 4.79 Å². The van der Waals surface area contributed by atoms with E-state index in [1.54, 1.807) is 0 Å². The van der Waals surface area contributed by atoms with Crippen LogP contribution in [0.5, 0.6) is 17.2 Å². The molecule has 1 heterocycles. The highest BCUT2D eigenvalue weighted by Crippen LogP contribution is 2.43. The zero-order valence-electron chi connectivity index (χ0n) is 13.1. The number of benzene rings is 2. The first-order valence-corrected chi connectivity index (χ1v) is 7.16. The van der Waals surface area contributed by atoms with Gasteiger partial charge in [0, 0.05) is 12.3 Å². The molecule has 0 spiro atoms. The van der Waals surface area contributed by atoms with Gasteiger partial charge in [-0.3, -0.25) is 4.79 Å². The van der Waals surface area contributed by atoms with Crippen molar-refractivity contribution in [2.75, 3.05) is 6.79 Å². The minimum atomic E-state index is -0.343. The van der Waals surface area contributed by atoms with Gasteiger partial charge in [0.1, 0.15) is 5.75 Å². The van der Waals surface area contributed by atoms with E-state index in [-0.39, 0.29) is 12.8 Å². The zero-order chi connectivity index (χ0) is 15.9. The molecule has 0 aliphatic carbocycles. The van der Waals surface area contributed by atoms with Crippen LogP contribution in [-0.2, 0) is 4.79 Å². The fraction of sp³-hybridized carbons (Fsp3) is 0.278. The first-order chi connectivity index (χ1) is 10.5. The quantitative estimate of drug-likeness (QED) is 0.612. The highest BCUT2D eigenvalue weighted by atomic mass is 16.7. The molecule has 0 N–H and O–H groups in total. The SMILES string of the molecule is CC(=O)Oc1cc(C(C)=C(C)C)c2ccc3c(c2c1)OCO3. The molecular weight excluding hydrogens is 280 g/mol. The fourth-order valence-corrected chi connectivity index (χ4v) is 2.58. The Labute approximate surface area is 129 Å². The van der Waals surface area contributed by atoms with Crippen molar-refractivity contribution in [2.24, 2.45) is 0 Å². The average Bonchev–Trinajstić information content (AvgIpc) is 2.93. The van der Waals surface area contributed by atoms with E-state index in [0.29, 0.717) is 17.2 Å². The number of esters is 1. The topological polar surface area (TPSA) is 44.8 Å². The van der Waals surface area contributed by atoms with E-state index >= 15 is 0 Å². The third-order valence-electron chi connectivity index (χ3n) is 3.86. The number of rotatable bonds is 2. The lowest BCUT2D eigenvalue weighted by molar-refractivity contribution is -0.131. The monoisotopic (exact) mass is 298 g/mol. The largest absolute Gasteiger partial charge is 0.454 e. The number of carbonyl (C=O) groups is 1. The molecule has 0 amide bonds. The normalized spacial score (nSPS) is 12.4. The van der Waals surface area contributed by atoms with Crippen LogP contribution < -0.4 is 14.2 Å². The standard InChI is InChI=1S/C18H18O4/c1-10(2)11(3)15-7-13(22-12(4)19)8-16-14(15)5-6-17-18(16)21-9-20-17/h5-8H,9H2,1-4H3. The number of hydrogen-bond donors (Lipinski definition) is 0. The van der Waals surface area contributed by atoms with Crippen LogP contribution in [-0.4, -0.2) is 12.8 Å². The molecule has 4 nitrogen and oxygen atoms in total. The molecule has 1 aliphatic rings. The molecule has 22 heavy (non-hydrogen) atoms. The first kappa shape index (κ1) is 14.4. The van der Waals surface area contributed by atoms with Crippen molar-refractivity contribution >= 4 is 22.3 Å². The maximum absolute atomic E-state index is 11.3. The summed E-state index contributed by atoms with van der Waals surface area (Å²) in [6.07, 6.45) is 0. The summed E-state index contributed by atoms with van der Waals surface area (Å²) in [4.78, 5) is 11.3. The Hall–Kier alpha value is -2.49. The molecule has 2 aromatic carbocycles. The molecule has 0 bridgehead atoms. The predicted octanol–water partition coefficient (Wildman–Crippen LogP) is 4.31. The summed E-state index contributed by atoms with van der Waals surface area (Å²) in [5.41, 5.74) is 3.39. The second kappa shape index (κ2) is 5.37. The van der Waals surface area contributed by atoms with Crippen molar-refractivity contribution in [3.63, 3.8) is 0 Å². The van der Waals surface area contributed by atoms with Crippen molar-refractivity contribution in [2.45, 2.75) is 27.7 Å². The van der Waals surface area contributed by atoms with Crippen LogP contribution in [0.15, 0.2) is 29.8 Å². The van der Waals surface area contributed by atoms with Gasteiger partial charge in [-0.15, -0.1) is 0 Å². The van der Waals surface area contributed by atoms with Crippen LogP contribution in [0, 0.1) is 0 Å². The van der Waals surface area contributed by atoms with Crippen LogP contribution in [0.3, 0.4) is 0 Å². The van der Waals surface area contributed by atoms with E-state index in [2.05, 4.69) is 20.8 Å². The summed E-state index contributed by atoms with van der Waals surface area (Å²) < 4.78 is 16.3. The Balaban J connectivity index is 2.33. The van der Waals surface area contributed by atoms with E-state index in [0.717, 1.165) is 21.9 Å². The van der Waals surface area contributed by atoms with Crippen molar-refractivity contribution < 1.29 is 19.0 Å². The molecular formula is C18H18O4. The molecule has 0 fully saturated rings. The number of allylic oxidation sites excluding steroid dienone is 2. The van der Waals surface area contributed by atoms with Crippen molar-refractivity contribution in [1.29, 1.82) is 0 Å². The molecule has 0 atom stereocenters. The average molecular weight is 298 g/mol. The van der Waals surface area contributed by atoms with Gasteiger partial charge < -0.3 is 14.2 Å². The van der Waals surface area contributed by atoms with Crippen LogP contribution in [0.4, 0.5) is 0 Å². The van der Waals surface area contributed by atoms with Crippen LogP contribution in [0.2, 0.25) is 0 Å². The number of carbonyl (C=O) groups excluding carboxylic acids is 1. The third-order valence-corrected chi connectivity index (χ3v) is 3.86. The zero-order valence-corrected chi connectivity index (χ0v) is 13.1. The summed E-state index contributed by atoms with van der Waals surface area (Å²) >= 11 is 0. The maximum Gasteiger partial charge on any atom is 0.308 e.